The predicted molar refractivity (Wildman–Crippen MR) is 88.5 cm³/mol. The van der Waals surface area contributed by atoms with E-state index in [1.807, 2.05) is 0 Å². The molecule has 3 aliphatic rings. The molecule has 4 rings (SSSR count). The SMILES string of the molecule is O=C(O)C1=C(CCCN2C(=O)c3ccccc3C2=O)S[C@H]2CC(=O)N12. The summed E-state index contributed by atoms with van der Waals surface area (Å²) in [4.78, 5) is 50.8. The summed E-state index contributed by atoms with van der Waals surface area (Å²) in [6.07, 6.45) is 1.22. The first-order chi connectivity index (χ1) is 12.0. The highest BCUT2D eigenvalue weighted by molar-refractivity contribution is 8.04. The number of carboxylic acids is 1. The Labute approximate surface area is 147 Å². The van der Waals surface area contributed by atoms with Crippen molar-refractivity contribution >= 4 is 35.5 Å². The molecule has 0 aromatic heterocycles. The summed E-state index contributed by atoms with van der Waals surface area (Å²) in [5, 5.41) is 9.24. The normalized spacial score (nSPS) is 21.6. The molecule has 0 spiro atoms. The van der Waals surface area contributed by atoms with Gasteiger partial charge in [-0.15, -0.1) is 11.8 Å². The molecule has 0 aliphatic carbocycles. The van der Waals surface area contributed by atoms with Crippen LogP contribution >= 0.6 is 11.8 Å². The lowest BCUT2D eigenvalue weighted by molar-refractivity contribution is -0.145. The number of fused-ring (bicyclic) bond motifs is 2. The summed E-state index contributed by atoms with van der Waals surface area (Å²) in [7, 11) is 0. The minimum atomic E-state index is -1.11. The van der Waals surface area contributed by atoms with Gasteiger partial charge < -0.3 is 5.11 Å². The van der Waals surface area contributed by atoms with Gasteiger partial charge in [-0.25, -0.2) is 4.79 Å². The molecule has 8 heteroatoms. The maximum absolute atomic E-state index is 12.3. The number of allylic oxidation sites excluding steroid dienone is 1. The molecule has 0 radical (unpaired) electrons. The van der Waals surface area contributed by atoms with Crippen LogP contribution in [0, 0.1) is 0 Å². The number of carbonyl (C=O) groups excluding carboxylic acids is 3. The minimum Gasteiger partial charge on any atom is -0.477 e. The summed E-state index contributed by atoms with van der Waals surface area (Å²) in [5.41, 5.74) is 0.861. The van der Waals surface area contributed by atoms with E-state index in [0.29, 0.717) is 35.3 Å². The zero-order chi connectivity index (χ0) is 17.7. The number of hydrogen-bond acceptors (Lipinski definition) is 5. The second-order valence-corrected chi connectivity index (χ2v) is 7.30. The molecule has 3 amide bonds. The first-order valence-corrected chi connectivity index (χ1v) is 8.77. The Morgan fingerprint density at radius 1 is 1.16 bits per heavy atom. The van der Waals surface area contributed by atoms with Crippen LogP contribution in [0.15, 0.2) is 34.9 Å². The van der Waals surface area contributed by atoms with Gasteiger partial charge in [0.15, 0.2) is 0 Å². The summed E-state index contributed by atoms with van der Waals surface area (Å²) in [6.45, 7) is 0.224. The molecular weight excluding hydrogens is 344 g/mol. The second-order valence-electron chi connectivity index (χ2n) is 6.03. The van der Waals surface area contributed by atoms with E-state index in [0.717, 1.165) is 0 Å². The van der Waals surface area contributed by atoms with E-state index in [1.165, 1.54) is 21.6 Å². The minimum absolute atomic E-state index is 0.0496. The van der Waals surface area contributed by atoms with Gasteiger partial charge in [0.1, 0.15) is 5.70 Å². The molecule has 7 nitrogen and oxygen atoms in total. The standard InChI is InChI=1S/C17H14N2O5S/c20-12-8-13-19(12)14(17(23)24)11(25-13)6-3-7-18-15(21)9-4-1-2-5-10(9)16(18)22/h1-2,4-5,13H,3,6-8H2,(H,23,24)/t13-/m0/s1. The van der Waals surface area contributed by atoms with Gasteiger partial charge in [-0.3, -0.25) is 24.2 Å². The van der Waals surface area contributed by atoms with Gasteiger partial charge in [-0.05, 0) is 25.0 Å². The number of nitrogens with zero attached hydrogens (tertiary/aromatic N) is 2. The highest BCUT2D eigenvalue weighted by atomic mass is 32.2. The van der Waals surface area contributed by atoms with Gasteiger partial charge in [0.05, 0.1) is 22.9 Å². The Morgan fingerprint density at radius 3 is 2.36 bits per heavy atom. The number of benzene rings is 1. The topological polar surface area (TPSA) is 95.0 Å². The monoisotopic (exact) mass is 358 g/mol. The predicted octanol–water partition coefficient (Wildman–Crippen LogP) is 1.66. The largest absolute Gasteiger partial charge is 0.477 e. The fourth-order valence-electron chi connectivity index (χ4n) is 3.34. The van der Waals surface area contributed by atoms with E-state index in [9.17, 15) is 24.3 Å². The molecule has 0 saturated carbocycles. The summed E-state index contributed by atoms with van der Waals surface area (Å²) < 4.78 is 0. The number of hydrogen-bond donors (Lipinski definition) is 1. The Balaban J connectivity index is 1.44. The molecule has 25 heavy (non-hydrogen) atoms. The molecule has 3 aliphatic heterocycles. The van der Waals surface area contributed by atoms with Crippen molar-refractivity contribution in [1.29, 1.82) is 0 Å². The van der Waals surface area contributed by atoms with Gasteiger partial charge in [-0.1, -0.05) is 12.1 Å². The Morgan fingerprint density at radius 2 is 1.80 bits per heavy atom. The van der Waals surface area contributed by atoms with E-state index in [1.54, 1.807) is 24.3 Å². The maximum Gasteiger partial charge on any atom is 0.353 e. The number of amides is 3. The van der Waals surface area contributed by atoms with Crippen molar-refractivity contribution in [2.45, 2.75) is 24.6 Å². The lowest BCUT2D eigenvalue weighted by Crippen LogP contribution is -2.48. The van der Waals surface area contributed by atoms with Crippen LogP contribution in [0.3, 0.4) is 0 Å². The fraction of sp³-hybridized carbons (Fsp3) is 0.294. The highest BCUT2D eigenvalue weighted by Gasteiger charge is 2.48. The van der Waals surface area contributed by atoms with Crippen LogP contribution in [0.1, 0.15) is 40.0 Å². The van der Waals surface area contributed by atoms with Gasteiger partial charge in [0.25, 0.3) is 11.8 Å². The van der Waals surface area contributed by atoms with E-state index < -0.39 is 5.97 Å². The number of aliphatic carboxylic acids is 1. The smallest absolute Gasteiger partial charge is 0.353 e. The van der Waals surface area contributed by atoms with Crippen LogP contribution in [0.5, 0.6) is 0 Å². The molecule has 3 heterocycles. The average molecular weight is 358 g/mol. The van der Waals surface area contributed by atoms with E-state index >= 15 is 0 Å². The van der Waals surface area contributed by atoms with Gasteiger partial charge in [0, 0.05) is 11.4 Å². The number of β-lactam (4-membered cyclic amide) rings is 1. The second kappa shape index (κ2) is 5.73. The zero-order valence-electron chi connectivity index (χ0n) is 13.1. The van der Waals surface area contributed by atoms with Gasteiger partial charge in [-0.2, -0.15) is 0 Å². The number of carbonyl (C=O) groups is 4. The third-order valence-electron chi connectivity index (χ3n) is 4.56. The molecule has 1 saturated heterocycles. The third kappa shape index (κ3) is 2.36. The maximum atomic E-state index is 12.3. The fourth-order valence-corrected chi connectivity index (χ4v) is 4.79. The molecule has 1 atom stereocenters. The van der Waals surface area contributed by atoms with Crippen LogP contribution in [0.2, 0.25) is 0 Å². The molecule has 1 aromatic rings. The van der Waals surface area contributed by atoms with Crippen LogP contribution in [-0.2, 0) is 9.59 Å². The zero-order valence-corrected chi connectivity index (χ0v) is 13.9. The van der Waals surface area contributed by atoms with Crippen molar-refractivity contribution in [2.24, 2.45) is 0 Å². The van der Waals surface area contributed by atoms with E-state index in [-0.39, 0.29) is 35.3 Å². The number of imide groups is 1. The van der Waals surface area contributed by atoms with Crippen LogP contribution < -0.4 is 0 Å². The summed E-state index contributed by atoms with van der Waals surface area (Å²) >= 11 is 1.39. The number of thioether (sulfide) groups is 1. The molecule has 1 fully saturated rings. The van der Waals surface area contributed by atoms with Crippen molar-refractivity contribution in [3.63, 3.8) is 0 Å². The summed E-state index contributed by atoms with van der Waals surface area (Å²) in [5.74, 6) is -1.92. The summed E-state index contributed by atoms with van der Waals surface area (Å²) in [6, 6.07) is 6.69. The average Bonchev–Trinajstić information content (AvgIpc) is 3.02. The van der Waals surface area contributed by atoms with Crippen LogP contribution in [0.4, 0.5) is 0 Å². The van der Waals surface area contributed by atoms with Gasteiger partial charge in [0.2, 0.25) is 5.91 Å². The Bertz CT molecular complexity index is 827. The lowest BCUT2D eigenvalue weighted by atomic mass is 10.1. The number of rotatable bonds is 5. The van der Waals surface area contributed by atoms with Gasteiger partial charge >= 0.3 is 5.97 Å². The van der Waals surface area contributed by atoms with Crippen molar-refractivity contribution in [2.75, 3.05) is 6.54 Å². The van der Waals surface area contributed by atoms with E-state index in [4.69, 9.17) is 0 Å². The first-order valence-electron chi connectivity index (χ1n) is 7.89. The molecular formula is C17H14N2O5S. The van der Waals surface area contributed by atoms with E-state index in [2.05, 4.69) is 0 Å². The highest BCUT2D eigenvalue weighted by Crippen LogP contribution is 2.47. The Hall–Kier alpha value is -2.61. The molecule has 128 valence electrons. The lowest BCUT2D eigenvalue weighted by Gasteiger charge is -2.33. The quantitative estimate of drug-likeness (QED) is 0.635. The molecule has 0 unspecified atom stereocenters. The molecule has 1 aromatic carbocycles. The third-order valence-corrected chi connectivity index (χ3v) is 5.89. The van der Waals surface area contributed by atoms with Crippen LogP contribution in [0.25, 0.3) is 0 Å². The van der Waals surface area contributed by atoms with Crippen molar-refractivity contribution in [3.05, 3.63) is 46.0 Å². The van der Waals surface area contributed by atoms with Crippen LogP contribution in [-0.4, -0.2) is 50.5 Å². The first kappa shape index (κ1) is 15.9. The van der Waals surface area contributed by atoms with Crippen molar-refractivity contribution in [3.8, 4) is 0 Å². The van der Waals surface area contributed by atoms with Crippen molar-refractivity contribution in [1.82, 2.24) is 9.80 Å². The molecule has 1 N–H and O–H groups in total. The molecule has 0 bridgehead atoms. The van der Waals surface area contributed by atoms with Crippen molar-refractivity contribution < 1.29 is 24.3 Å². The number of carboxylic acid groups (broad SMARTS) is 1. The Kier molecular flexibility index (Phi) is 3.64.